The van der Waals surface area contributed by atoms with Gasteiger partial charge in [0.25, 0.3) is 0 Å². The molecule has 7 heteroatoms. The van der Waals surface area contributed by atoms with Gasteiger partial charge < -0.3 is 10.9 Å². The van der Waals surface area contributed by atoms with Crippen molar-refractivity contribution in [3.8, 4) is 11.3 Å². The fourth-order valence-corrected chi connectivity index (χ4v) is 3.03. The van der Waals surface area contributed by atoms with Gasteiger partial charge in [-0.15, -0.1) is 0 Å². The Kier molecular flexibility index (Phi) is 4.04. The second kappa shape index (κ2) is 6.53. The van der Waals surface area contributed by atoms with Crippen LogP contribution in [0.2, 0.25) is 0 Å². The summed E-state index contributed by atoms with van der Waals surface area (Å²) >= 11 is 0. The number of imidazole rings is 1. The summed E-state index contributed by atoms with van der Waals surface area (Å²) < 4.78 is 29.2. The third-order valence-corrected chi connectivity index (χ3v) is 4.25. The number of oxime groups is 1. The Bertz CT molecular complexity index is 1170. The number of halogens is 2. The van der Waals surface area contributed by atoms with Gasteiger partial charge in [-0.2, -0.15) is 0 Å². The Morgan fingerprint density at radius 3 is 2.48 bits per heavy atom. The molecule has 0 unspecified atom stereocenters. The van der Waals surface area contributed by atoms with Gasteiger partial charge in [-0.3, -0.25) is 4.40 Å². The summed E-state index contributed by atoms with van der Waals surface area (Å²) in [4.78, 5) is 4.23. The second-order valence-electron chi connectivity index (χ2n) is 5.93. The van der Waals surface area contributed by atoms with Gasteiger partial charge in [-0.25, -0.2) is 13.8 Å². The minimum absolute atomic E-state index is 0.111. The van der Waals surface area contributed by atoms with Crippen molar-refractivity contribution in [3.05, 3.63) is 89.6 Å². The summed E-state index contributed by atoms with van der Waals surface area (Å²) in [5, 5.41) is 12.9. The third kappa shape index (κ3) is 2.89. The molecule has 4 aromatic rings. The molecule has 4 rings (SSSR count). The maximum absolute atomic E-state index is 14.3. The lowest BCUT2D eigenvalue weighted by atomic mass is 10.0. The van der Waals surface area contributed by atoms with Crippen LogP contribution >= 0.6 is 0 Å². The summed E-state index contributed by atoms with van der Waals surface area (Å²) in [6, 6.07) is 15.8. The van der Waals surface area contributed by atoms with Gasteiger partial charge in [-0.1, -0.05) is 35.5 Å². The summed E-state index contributed by atoms with van der Waals surface area (Å²) in [5.74, 6) is -1.31. The second-order valence-corrected chi connectivity index (χ2v) is 5.93. The molecule has 3 N–H and O–H groups in total. The van der Waals surface area contributed by atoms with E-state index in [0.29, 0.717) is 28.2 Å². The number of aromatic nitrogens is 2. The first-order valence-electron chi connectivity index (χ1n) is 8.09. The molecule has 0 aliphatic rings. The SMILES string of the molecule is Nc1nc2ccc(/C(=N/O)c3ccccc3)cn2c1-c1ccc(F)cc1F. The normalized spacial score (nSPS) is 11.9. The van der Waals surface area contributed by atoms with Crippen molar-refractivity contribution in [2.75, 3.05) is 5.73 Å². The smallest absolute Gasteiger partial charge is 0.150 e. The number of nitrogen functional groups attached to an aromatic ring is 1. The Morgan fingerprint density at radius 1 is 1.00 bits per heavy atom. The number of benzene rings is 2. The lowest BCUT2D eigenvalue weighted by Gasteiger charge is -2.08. The predicted octanol–water partition coefficient (Wildman–Crippen LogP) is 4.09. The highest BCUT2D eigenvalue weighted by atomic mass is 19.1. The third-order valence-electron chi connectivity index (χ3n) is 4.25. The lowest BCUT2D eigenvalue weighted by molar-refractivity contribution is 0.319. The molecule has 5 nitrogen and oxygen atoms in total. The van der Waals surface area contributed by atoms with Crippen LogP contribution < -0.4 is 5.73 Å². The molecule has 0 saturated carbocycles. The molecule has 0 saturated heterocycles. The van der Waals surface area contributed by atoms with Crippen molar-refractivity contribution in [1.29, 1.82) is 0 Å². The van der Waals surface area contributed by atoms with Crippen LogP contribution in [0.1, 0.15) is 11.1 Å². The van der Waals surface area contributed by atoms with E-state index in [2.05, 4.69) is 10.1 Å². The zero-order valence-electron chi connectivity index (χ0n) is 14.0. The van der Waals surface area contributed by atoms with E-state index in [9.17, 15) is 14.0 Å². The van der Waals surface area contributed by atoms with E-state index in [1.54, 1.807) is 22.7 Å². The molecule has 0 bridgehead atoms. The lowest BCUT2D eigenvalue weighted by Crippen LogP contribution is -2.05. The highest BCUT2D eigenvalue weighted by molar-refractivity contribution is 6.12. The molecule has 0 aliphatic heterocycles. The van der Waals surface area contributed by atoms with E-state index in [4.69, 9.17) is 5.73 Å². The first kappa shape index (κ1) is 16.7. The number of rotatable bonds is 3. The monoisotopic (exact) mass is 364 g/mol. The molecule has 0 radical (unpaired) electrons. The zero-order chi connectivity index (χ0) is 19.0. The number of hydrogen-bond donors (Lipinski definition) is 2. The van der Waals surface area contributed by atoms with Crippen molar-refractivity contribution in [3.63, 3.8) is 0 Å². The number of fused-ring (bicyclic) bond motifs is 1. The van der Waals surface area contributed by atoms with Crippen LogP contribution in [0.4, 0.5) is 14.6 Å². The summed E-state index contributed by atoms with van der Waals surface area (Å²) in [6.07, 6.45) is 1.65. The largest absolute Gasteiger partial charge is 0.410 e. The molecule has 2 aromatic carbocycles. The van der Waals surface area contributed by atoms with Crippen LogP contribution in [0.5, 0.6) is 0 Å². The van der Waals surface area contributed by atoms with Gasteiger partial charge in [0, 0.05) is 29.0 Å². The first-order chi connectivity index (χ1) is 13.1. The highest BCUT2D eigenvalue weighted by Crippen LogP contribution is 2.30. The molecule has 27 heavy (non-hydrogen) atoms. The molecule has 0 atom stereocenters. The van der Waals surface area contributed by atoms with E-state index < -0.39 is 11.6 Å². The van der Waals surface area contributed by atoms with E-state index in [0.717, 1.165) is 12.1 Å². The quantitative estimate of drug-likeness (QED) is 0.327. The highest BCUT2D eigenvalue weighted by Gasteiger charge is 2.17. The van der Waals surface area contributed by atoms with Gasteiger partial charge >= 0.3 is 0 Å². The van der Waals surface area contributed by atoms with E-state index in [-0.39, 0.29) is 11.4 Å². The molecule has 0 spiro atoms. The first-order valence-corrected chi connectivity index (χ1v) is 8.09. The fourth-order valence-electron chi connectivity index (χ4n) is 3.03. The average Bonchev–Trinajstić information content (AvgIpc) is 2.99. The van der Waals surface area contributed by atoms with Crippen molar-refractivity contribution >= 4 is 17.2 Å². The van der Waals surface area contributed by atoms with Crippen LogP contribution in [0.25, 0.3) is 16.9 Å². The number of hydrogen-bond acceptors (Lipinski definition) is 4. The van der Waals surface area contributed by atoms with Gasteiger partial charge in [0.05, 0.1) is 5.69 Å². The zero-order valence-corrected chi connectivity index (χ0v) is 14.0. The van der Waals surface area contributed by atoms with Crippen LogP contribution in [0.3, 0.4) is 0 Å². The molecule has 0 aliphatic carbocycles. The maximum atomic E-state index is 14.3. The van der Waals surface area contributed by atoms with E-state index >= 15 is 0 Å². The summed E-state index contributed by atoms with van der Waals surface area (Å²) in [6.45, 7) is 0. The average molecular weight is 364 g/mol. The molecule has 2 aromatic heterocycles. The predicted molar refractivity (Wildman–Crippen MR) is 98.8 cm³/mol. The number of pyridine rings is 1. The van der Waals surface area contributed by atoms with Crippen molar-refractivity contribution in [2.45, 2.75) is 0 Å². The summed E-state index contributed by atoms with van der Waals surface area (Å²) in [5.41, 5.74) is 8.54. The number of nitrogens with two attached hydrogens (primary N) is 1. The number of nitrogens with zero attached hydrogens (tertiary/aromatic N) is 3. The molecule has 2 heterocycles. The molecule has 0 amide bonds. The minimum atomic E-state index is -0.743. The standard InChI is InChI=1S/C20H14F2N4O/c21-14-7-8-15(16(22)10-14)19-20(23)24-17-9-6-13(11-26(17)19)18(25-27)12-4-2-1-3-5-12/h1-11,27H,23H2/b25-18+. The minimum Gasteiger partial charge on any atom is -0.410 e. The van der Waals surface area contributed by atoms with Gasteiger partial charge in [0.15, 0.2) is 5.82 Å². The van der Waals surface area contributed by atoms with Crippen LogP contribution in [0, 0.1) is 11.6 Å². The van der Waals surface area contributed by atoms with Crippen molar-refractivity contribution in [1.82, 2.24) is 9.38 Å². The molecule has 0 fully saturated rings. The van der Waals surface area contributed by atoms with Gasteiger partial charge in [0.1, 0.15) is 23.0 Å². The Balaban J connectivity index is 1.92. The molecule has 134 valence electrons. The number of anilines is 1. The van der Waals surface area contributed by atoms with E-state index in [1.165, 1.54) is 6.07 Å². The molecular formula is C20H14F2N4O. The summed E-state index contributed by atoms with van der Waals surface area (Å²) in [7, 11) is 0. The van der Waals surface area contributed by atoms with Gasteiger partial charge in [-0.05, 0) is 24.3 Å². The van der Waals surface area contributed by atoms with E-state index in [1.807, 2.05) is 30.3 Å². The van der Waals surface area contributed by atoms with Crippen molar-refractivity contribution in [2.24, 2.45) is 5.16 Å². The maximum Gasteiger partial charge on any atom is 0.150 e. The van der Waals surface area contributed by atoms with Crippen LogP contribution in [-0.2, 0) is 0 Å². The Morgan fingerprint density at radius 2 is 1.78 bits per heavy atom. The Labute approximate surface area is 153 Å². The van der Waals surface area contributed by atoms with Gasteiger partial charge in [0.2, 0.25) is 0 Å². The fraction of sp³-hybridized carbons (Fsp3) is 0. The van der Waals surface area contributed by atoms with Crippen LogP contribution in [0.15, 0.2) is 72.0 Å². The van der Waals surface area contributed by atoms with Crippen LogP contribution in [-0.4, -0.2) is 20.3 Å². The van der Waals surface area contributed by atoms with Crippen molar-refractivity contribution < 1.29 is 14.0 Å². The topological polar surface area (TPSA) is 75.9 Å². The molecular weight excluding hydrogens is 350 g/mol. The Hall–Kier alpha value is -3.74.